The van der Waals surface area contributed by atoms with Gasteiger partial charge in [-0.3, -0.25) is 9.36 Å². The number of hydrogen-bond donors (Lipinski definition) is 1. The van der Waals surface area contributed by atoms with E-state index < -0.39 is 0 Å². The van der Waals surface area contributed by atoms with Gasteiger partial charge < -0.3 is 4.98 Å². The highest BCUT2D eigenvalue weighted by molar-refractivity contribution is 5.69. The number of aromatic nitrogens is 4. The minimum absolute atomic E-state index is 0.108. The SMILES string of the molecule is CCc1nc2nc[nH]c2c(=O)n1-c1ccc(C)cc1. The van der Waals surface area contributed by atoms with E-state index >= 15 is 0 Å². The first-order chi connectivity index (χ1) is 9.20. The van der Waals surface area contributed by atoms with Crippen molar-refractivity contribution in [2.75, 3.05) is 0 Å². The molecule has 2 heterocycles. The molecule has 0 aliphatic heterocycles. The van der Waals surface area contributed by atoms with Gasteiger partial charge in [0.15, 0.2) is 11.2 Å². The quantitative estimate of drug-likeness (QED) is 0.760. The lowest BCUT2D eigenvalue weighted by Gasteiger charge is -2.10. The number of nitrogens with one attached hydrogen (secondary N) is 1. The van der Waals surface area contributed by atoms with Crippen molar-refractivity contribution in [3.8, 4) is 5.69 Å². The van der Waals surface area contributed by atoms with E-state index in [0.29, 0.717) is 23.4 Å². The van der Waals surface area contributed by atoms with E-state index in [1.54, 1.807) is 4.57 Å². The van der Waals surface area contributed by atoms with Crippen molar-refractivity contribution in [1.29, 1.82) is 0 Å². The second-order valence-corrected chi connectivity index (χ2v) is 4.46. The largest absolute Gasteiger partial charge is 0.339 e. The summed E-state index contributed by atoms with van der Waals surface area (Å²) in [4.78, 5) is 23.9. The molecule has 0 fully saturated rings. The molecule has 0 radical (unpaired) electrons. The Bertz CT molecular complexity index is 783. The highest BCUT2D eigenvalue weighted by atomic mass is 16.1. The number of hydrogen-bond acceptors (Lipinski definition) is 3. The zero-order valence-electron chi connectivity index (χ0n) is 10.8. The fourth-order valence-corrected chi connectivity index (χ4v) is 2.13. The predicted octanol–water partition coefficient (Wildman–Crippen LogP) is 1.98. The first-order valence-electron chi connectivity index (χ1n) is 6.22. The number of aryl methyl sites for hydroxylation is 2. The number of H-pyrrole nitrogens is 1. The van der Waals surface area contributed by atoms with Gasteiger partial charge in [-0.2, -0.15) is 0 Å². The second-order valence-electron chi connectivity index (χ2n) is 4.46. The lowest BCUT2D eigenvalue weighted by Crippen LogP contribution is -2.23. The summed E-state index contributed by atoms with van der Waals surface area (Å²) < 4.78 is 1.64. The van der Waals surface area contributed by atoms with Crippen molar-refractivity contribution >= 4 is 11.2 Å². The highest BCUT2D eigenvalue weighted by Crippen LogP contribution is 2.12. The van der Waals surface area contributed by atoms with Crippen LogP contribution in [0.5, 0.6) is 0 Å². The lowest BCUT2D eigenvalue weighted by atomic mass is 10.2. The maximum Gasteiger partial charge on any atom is 0.284 e. The number of nitrogens with zero attached hydrogens (tertiary/aromatic N) is 3. The zero-order chi connectivity index (χ0) is 13.4. The molecule has 19 heavy (non-hydrogen) atoms. The van der Waals surface area contributed by atoms with Crippen molar-refractivity contribution in [3.63, 3.8) is 0 Å². The second kappa shape index (κ2) is 4.35. The smallest absolute Gasteiger partial charge is 0.284 e. The number of rotatable bonds is 2. The van der Waals surface area contributed by atoms with Crippen molar-refractivity contribution < 1.29 is 0 Å². The van der Waals surface area contributed by atoms with Gasteiger partial charge in [0.2, 0.25) is 0 Å². The van der Waals surface area contributed by atoms with E-state index in [9.17, 15) is 4.79 Å². The fraction of sp³-hybridized carbons (Fsp3) is 0.214. The van der Waals surface area contributed by atoms with Crippen LogP contribution in [0.25, 0.3) is 16.9 Å². The van der Waals surface area contributed by atoms with Crippen LogP contribution in [-0.2, 0) is 6.42 Å². The molecule has 0 saturated heterocycles. The Morgan fingerprint density at radius 2 is 2.00 bits per heavy atom. The van der Waals surface area contributed by atoms with E-state index in [-0.39, 0.29) is 5.56 Å². The van der Waals surface area contributed by atoms with Crippen molar-refractivity contribution in [1.82, 2.24) is 19.5 Å². The molecule has 1 N–H and O–H groups in total. The molecule has 3 rings (SSSR count). The van der Waals surface area contributed by atoms with Crippen LogP contribution in [0, 0.1) is 6.92 Å². The maximum absolute atomic E-state index is 12.5. The number of imidazole rings is 1. The van der Waals surface area contributed by atoms with E-state index in [1.807, 2.05) is 38.1 Å². The van der Waals surface area contributed by atoms with E-state index in [4.69, 9.17) is 0 Å². The van der Waals surface area contributed by atoms with Crippen LogP contribution >= 0.6 is 0 Å². The summed E-state index contributed by atoms with van der Waals surface area (Å²) in [6, 6.07) is 7.83. The van der Waals surface area contributed by atoms with Gasteiger partial charge in [0.25, 0.3) is 5.56 Å². The van der Waals surface area contributed by atoms with Crippen LogP contribution in [-0.4, -0.2) is 19.5 Å². The van der Waals surface area contributed by atoms with E-state index in [1.165, 1.54) is 6.33 Å². The summed E-state index contributed by atoms with van der Waals surface area (Å²) in [6.07, 6.45) is 2.17. The van der Waals surface area contributed by atoms with Gasteiger partial charge in [-0.25, -0.2) is 9.97 Å². The average molecular weight is 254 g/mol. The van der Waals surface area contributed by atoms with Gasteiger partial charge in [0, 0.05) is 6.42 Å². The average Bonchev–Trinajstić information content (AvgIpc) is 2.88. The third kappa shape index (κ3) is 1.83. The lowest BCUT2D eigenvalue weighted by molar-refractivity contribution is 0.829. The molecule has 96 valence electrons. The van der Waals surface area contributed by atoms with Gasteiger partial charge in [0.05, 0.1) is 12.0 Å². The molecule has 3 aromatic rings. The molecule has 1 aromatic carbocycles. The molecule has 0 aliphatic rings. The van der Waals surface area contributed by atoms with Gasteiger partial charge in [-0.15, -0.1) is 0 Å². The summed E-state index contributed by atoms with van der Waals surface area (Å²) in [6.45, 7) is 3.99. The van der Waals surface area contributed by atoms with Crippen molar-refractivity contribution in [2.45, 2.75) is 20.3 Å². The van der Waals surface area contributed by atoms with Gasteiger partial charge >= 0.3 is 0 Å². The monoisotopic (exact) mass is 254 g/mol. The molecular weight excluding hydrogens is 240 g/mol. The Kier molecular flexibility index (Phi) is 2.67. The normalized spacial score (nSPS) is 11.1. The molecule has 0 spiro atoms. The molecule has 5 nitrogen and oxygen atoms in total. The predicted molar refractivity (Wildman–Crippen MR) is 73.6 cm³/mol. The summed E-state index contributed by atoms with van der Waals surface area (Å²) in [5, 5.41) is 0. The molecular formula is C14H14N4O. The Balaban J connectivity index is 2.35. The summed E-state index contributed by atoms with van der Waals surface area (Å²) in [7, 11) is 0. The molecule has 0 bridgehead atoms. The van der Waals surface area contributed by atoms with Crippen LogP contribution in [0.2, 0.25) is 0 Å². The third-order valence-electron chi connectivity index (χ3n) is 3.14. The van der Waals surface area contributed by atoms with Crippen LogP contribution in [0.15, 0.2) is 35.4 Å². The number of fused-ring (bicyclic) bond motifs is 1. The minimum Gasteiger partial charge on any atom is -0.339 e. The van der Waals surface area contributed by atoms with Gasteiger partial charge in [0.1, 0.15) is 5.82 Å². The first kappa shape index (κ1) is 11.6. The maximum atomic E-state index is 12.5. The Morgan fingerprint density at radius 1 is 1.26 bits per heavy atom. The van der Waals surface area contributed by atoms with Crippen LogP contribution in [0.4, 0.5) is 0 Å². The van der Waals surface area contributed by atoms with Gasteiger partial charge in [-0.05, 0) is 19.1 Å². The minimum atomic E-state index is -0.108. The molecule has 0 saturated carbocycles. The van der Waals surface area contributed by atoms with E-state index in [2.05, 4.69) is 15.0 Å². The van der Waals surface area contributed by atoms with E-state index in [0.717, 1.165) is 11.3 Å². The number of aromatic amines is 1. The van der Waals surface area contributed by atoms with Crippen LogP contribution < -0.4 is 5.56 Å². The summed E-state index contributed by atoms with van der Waals surface area (Å²) in [5.74, 6) is 0.716. The zero-order valence-corrected chi connectivity index (χ0v) is 10.8. The molecule has 0 aliphatic carbocycles. The van der Waals surface area contributed by atoms with Crippen molar-refractivity contribution in [2.24, 2.45) is 0 Å². The first-order valence-corrected chi connectivity index (χ1v) is 6.22. The Labute approximate surface area is 110 Å². The summed E-state index contributed by atoms with van der Waals surface area (Å²) >= 11 is 0. The molecule has 5 heteroatoms. The van der Waals surface area contributed by atoms with Crippen LogP contribution in [0.1, 0.15) is 18.3 Å². The molecule has 0 unspecified atom stereocenters. The third-order valence-corrected chi connectivity index (χ3v) is 3.14. The molecule has 0 amide bonds. The highest BCUT2D eigenvalue weighted by Gasteiger charge is 2.12. The summed E-state index contributed by atoms with van der Waals surface area (Å²) in [5.41, 5.74) is 2.80. The molecule has 0 atom stereocenters. The Morgan fingerprint density at radius 3 is 2.68 bits per heavy atom. The van der Waals surface area contributed by atoms with Crippen LogP contribution in [0.3, 0.4) is 0 Å². The van der Waals surface area contributed by atoms with Gasteiger partial charge in [-0.1, -0.05) is 24.6 Å². The molecule has 2 aromatic heterocycles. The van der Waals surface area contributed by atoms with Crippen molar-refractivity contribution in [3.05, 3.63) is 52.3 Å². The standard InChI is InChI=1S/C14H14N4O/c1-3-11-17-13-12(15-8-16-13)14(19)18(11)10-6-4-9(2)5-7-10/h4-8H,3H2,1-2H3,(H,15,16). The fourth-order valence-electron chi connectivity index (χ4n) is 2.13. The number of benzene rings is 1. The topological polar surface area (TPSA) is 63.6 Å². The Hall–Kier alpha value is -2.43.